The first kappa shape index (κ1) is 32.0. The standard InChI is InChI=1S/C23H45NO9/c1-3-23(25)5-7-26-9-11-28-13-15-30-17-19-32-21-22-33-20-18-31-16-14-29-12-10-27-8-6-24-4-2/h4H,3,5-22H2,1-2H3. The molecule has 0 aromatic heterocycles. The molecule has 0 rings (SSSR count). The lowest BCUT2D eigenvalue weighted by molar-refractivity contribution is -0.120. The van der Waals surface area contributed by atoms with Crippen molar-refractivity contribution in [1.29, 1.82) is 0 Å². The Hall–Kier alpha value is -0.980. The van der Waals surface area contributed by atoms with Crippen molar-refractivity contribution in [3.8, 4) is 0 Å². The monoisotopic (exact) mass is 479 g/mol. The molecule has 0 amide bonds. The molecule has 0 atom stereocenters. The highest BCUT2D eigenvalue weighted by Gasteiger charge is 1.98. The first-order valence-corrected chi connectivity index (χ1v) is 11.9. The average Bonchev–Trinajstić information content (AvgIpc) is 2.83. The van der Waals surface area contributed by atoms with E-state index in [-0.39, 0.29) is 5.78 Å². The highest BCUT2D eigenvalue weighted by atomic mass is 16.6. The van der Waals surface area contributed by atoms with Crippen molar-refractivity contribution in [1.82, 2.24) is 0 Å². The summed E-state index contributed by atoms with van der Waals surface area (Å²) in [6.07, 6.45) is 2.80. The van der Waals surface area contributed by atoms with Gasteiger partial charge in [-0.3, -0.25) is 9.79 Å². The van der Waals surface area contributed by atoms with Crippen molar-refractivity contribution in [3.05, 3.63) is 0 Å². The van der Waals surface area contributed by atoms with Crippen molar-refractivity contribution in [2.45, 2.75) is 26.7 Å². The fraction of sp³-hybridized carbons (Fsp3) is 0.913. The second-order valence-electron chi connectivity index (χ2n) is 6.71. The van der Waals surface area contributed by atoms with Crippen molar-refractivity contribution < 1.29 is 42.7 Å². The topological polar surface area (TPSA) is 103 Å². The zero-order valence-corrected chi connectivity index (χ0v) is 20.6. The van der Waals surface area contributed by atoms with E-state index in [9.17, 15) is 4.79 Å². The van der Waals surface area contributed by atoms with E-state index in [1.165, 1.54) is 0 Å². The Morgan fingerprint density at radius 2 is 0.848 bits per heavy atom. The smallest absolute Gasteiger partial charge is 0.134 e. The minimum atomic E-state index is 0.219. The molecule has 0 spiro atoms. The van der Waals surface area contributed by atoms with Crippen molar-refractivity contribution in [2.24, 2.45) is 4.99 Å². The molecule has 0 saturated carbocycles. The van der Waals surface area contributed by atoms with Gasteiger partial charge in [-0.25, -0.2) is 0 Å². The van der Waals surface area contributed by atoms with Gasteiger partial charge in [0.05, 0.1) is 112 Å². The number of carbonyl (C=O) groups excluding carboxylic acids is 1. The van der Waals surface area contributed by atoms with E-state index in [1.807, 2.05) is 13.8 Å². The minimum Gasteiger partial charge on any atom is -0.379 e. The van der Waals surface area contributed by atoms with Crippen LogP contribution in [0.5, 0.6) is 0 Å². The van der Waals surface area contributed by atoms with Gasteiger partial charge in [0, 0.05) is 12.8 Å². The van der Waals surface area contributed by atoms with Crippen LogP contribution in [0.3, 0.4) is 0 Å². The van der Waals surface area contributed by atoms with Gasteiger partial charge in [0.1, 0.15) is 5.78 Å². The Balaban J connectivity index is 3.03. The predicted molar refractivity (Wildman–Crippen MR) is 126 cm³/mol. The van der Waals surface area contributed by atoms with Crippen LogP contribution in [0, 0.1) is 0 Å². The molecule has 10 nitrogen and oxygen atoms in total. The lowest BCUT2D eigenvalue weighted by Crippen LogP contribution is -2.15. The van der Waals surface area contributed by atoms with E-state index >= 15 is 0 Å². The molecule has 33 heavy (non-hydrogen) atoms. The fourth-order valence-electron chi connectivity index (χ4n) is 2.25. The normalized spacial score (nSPS) is 11.6. The summed E-state index contributed by atoms with van der Waals surface area (Å²) in [6.45, 7) is 12.8. The van der Waals surface area contributed by atoms with Gasteiger partial charge in [-0.15, -0.1) is 0 Å². The molecule has 0 bridgehead atoms. The molecule has 196 valence electrons. The first-order chi connectivity index (χ1) is 16.3. The van der Waals surface area contributed by atoms with Crippen molar-refractivity contribution in [3.63, 3.8) is 0 Å². The summed E-state index contributed by atoms with van der Waals surface area (Å²) >= 11 is 0. The lowest BCUT2D eigenvalue weighted by atomic mass is 10.2. The molecule has 0 unspecified atom stereocenters. The number of rotatable bonds is 28. The van der Waals surface area contributed by atoms with Gasteiger partial charge in [0.15, 0.2) is 0 Å². The second-order valence-corrected chi connectivity index (χ2v) is 6.71. The summed E-state index contributed by atoms with van der Waals surface area (Å²) in [5.74, 6) is 0.219. The minimum absolute atomic E-state index is 0.219. The maximum absolute atomic E-state index is 11.1. The van der Waals surface area contributed by atoms with E-state index in [2.05, 4.69) is 4.99 Å². The lowest BCUT2D eigenvalue weighted by Gasteiger charge is -2.08. The molecule has 0 heterocycles. The van der Waals surface area contributed by atoms with Crippen molar-refractivity contribution in [2.75, 3.05) is 112 Å². The Labute approximate surface area is 199 Å². The van der Waals surface area contributed by atoms with Crippen molar-refractivity contribution >= 4 is 12.0 Å². The first-order valence-electron chi connectivity index (χ1n) is 11.9. The van der Waals surface area contributed by atoms with E-state index < -0.39 is 0 Å². The van der Waals surface area contributed by atoms with Gasteiger partial charge in [-0.05, 0) is 13.1 Å². The third-order valence-electron chi connectivity index (χ3n) is 4.07. The average molecular weight is 480 g/mol. The molecule has 0 aliphatic heterocycles. The molecule has 0 saturated heterocycles. The molecule has 0 aromatic rings. The number of hydrogen-bond acceptors (Lipinski definition) is 10. The maximum atomic E-state index is 11.1. The molecular formula is C23H45NO9. The van der Waals surface area contributed by atoms with E-state index in [0.29, 0.717) is 125 Å². The number of aliphatic imine (C=N–C) groups is 1. The van der Waals surface area contributed by atoms with Crippen LogP contribution < -0.4 is 0 Å². The summed E-state index contributed by atoms with van der Waals surface area (Å²) in [4.78, 5) is 15.2. The second kappa shape index (κ2) is 29.1. The summed E-state index contributed by atoms with van der Waals surface area (Å²) < 4.78 is 43.1. The molecule has 10 heteroatoms. The highest BCUT2D eigenvalue weighted by Crippen LogP contribution is 1.90. The van der Waals surface area contributed by atoms with Gasteiger partial charge in [0.2, 0.25) is 0 Å². The Bertz CT molecular complexity index is 425. The zero-order chi connectivity index (χ0) is 24.1. The van der Waals surface area contributed by atoms with Crippen LogP contribution in [0.25, 0.3) is 0 Å². The molecule has 0 radical (unpaired) electrons. The number of hydrogen-bond donors (Lipinski definition) is 0. The quantitative estimate of drug-likeness (QED) is 0.122. The van der Waals surface area contributed by atoms with E-state index in [0.717, 1.165) is 0 Å². The van der Waals surface area contributed by atoms with Crippen LogP contribution in [-0.2, 0) is 42.7 Å². The van der Waals surface area contributed by atoms with E-state index in [1.54, 1.807) is 6.21 Å². The van der Waals surface area contributed by atoms with Gasteiger partial charge in [-0.2, -0.15) is 0 Å². The molecule has 0 fully saturated rings. The number of nitrogens with zero attached hydrogens (tertiary/aromatic N) is 1. The zero-order valence-electron chi connectivity index (χ0n) is 20.6. The predicted octanol–water partition coefficient (Wildman–Crippen LogP) is 1.58. The molecular weight excluding hydrogens is 434 g/mol. The van der Waals surface area contributed by atoms with Gasteiger partial charge in [-0.1, -0.05) is 6.92 Å². The van der Waals surface area contributed by atoms with Crippen LogP contribution in [0.15, 0.2) is 4.99 Å². The largest absolute Gasteiger partial charge is 0.379 e. The van der Waals surface area contributed by atoms with Crippen LogP contribution in [0.2, 0.25) is 0 Å². The van der Waals surface area contributed by atoms with Crippen LogP contribution in [-0.4, -0.2) is 124 Å². The van der Waals surface area contributed by atoms with Gasteiger partial charge >= 0.3 is 0 Å². The van der Waals surface area contributed by atoms with Crippen LogP contribution in [0.4, 0.5) is 0 Å². The summed E-state index contributed by atoms with van der Waals surface area (Å²) in [5.41, 5.74) is 0. The number of ether oxygens (including phenoxy) is 8. The Kier molecular flexibility index (Phi) is 28.2. The van der Waals surface area contributed by atoms with Gasteiger partial charge in [0.25, 0.3) is 0 Å². The fourth-order valence-corrected chi connectivity index (χ4v) is 2.25. The number of carbonyl (C=O) groups is 1. The molecule has 0 aromatic carbocycles. The van der Waals surface area contributed by atoms with E-state index in [4.69, 9.17) is 37.9 Å². The number of Topliss-reactive ketones (excluding diaryl/α,β-unsaturated/α-hetero) is 1. The third kappa shape index (κ3) is 29.0. The van der Waals surface area contributed by atoms with Crippen LogP contribution in [0.1, 0.15) is 26.7 Å². The molecule has 0 aliphatic rings. The SMILES string of the molecule is CC=NCCOCCOCCOCCOCCOCCOCCOCCOCCC(=O)CC. The van der Waals surface area contributed by atoms with Crippen LogP contribution >= 0.6 is 0 Å². The summed E-state index contributed by atoms with van der Waals surface area (Å²) in [7, 11) is 0. The Morgan fingerprint density at radius 1 is 0.545 bits per heavy atom. The third-order valence-corrected chi connectivity index (χ3v) is 4.07. The highest BCUT2D eigenvalue weighted by molar-refractivity contribution is 5.78. The molecule has 0 N–H and O–H groups in total. The Morgan fingerprint density at radius 3 is 1.15 bits per heavy atom. The maximum Gasteiger partial charge on any atom is 0.134 e. The summed E-state index contributed by atoms with van der Waals surface area (Å²) in [6, 6.07) is 0. The summed E-state index contributed by atoms with van der Waals surface area (Å²) in [5, 5.41) is 0. The van der Waals surface area contributed by atoms with Gasteiger partial charge < -0.3 is 37.9 Å². The number of ketones is 1. The molecule has 0 aliphatic carbocycles.